The summed E-state index contributed by atoms with van der Waals surface area (Å²) in [4.78, 5) is 30.5. The largest absolute Gasteiger partial charge is 0.367 e. The van der Waals surface area contributed by atoms with Crippen LogP contribution in [0.1, 0.15) is 21.5 Å². The van der Waals surface area contributed by atoms with Crippen LogP contribution in [0.3, 0.4) is 0 Å². The van der Waals surface area contributed by atoms with Gasteiger partial charge in [0, 0.05) is 44.0 Å². The maximum absolute atomic E-state index is 12.6. The molecule has 0 atom stereocenters. The van der Waals surface area contributed by atoms with Crippen LogP contribution in [0.2, 0.25) is 0 Å². The highest BCUT2D eigenvalue weighted by Crippen LogP contribution is 2.16. The molecule has 1 aromatic heterocycles. The number of piperazine rings is 1. The Hall–Kier alpha value is -2.56. The Bertz CT molecular complexity index is 754. The topological polar surface area (TPSA) is 56.4 Å². The summed E-state index contributed by atoms with van der Waals surface area (Å²) in [5.41, 5.74) is 3.98. The van der Waals surface area contributed by atoms with Crippen molar-refractivity contribution < 1.29 is 4.79 Å². The number of hydrogen-bond acceptors (Lipinski definition) is 3. The summed E-state index contributed by atoms with van der Waals surface area (Å²) in [6, 6.07) is 9.21. The van der Waals surface area contributed by atoms with E-state index < -0.39 is 0 Å². The van der Waals surface area contributed by atoms with Crippen LogP contribution in [-0.4, -0.2) is 42.0 Å². The normalized spacial score (nSPS) is 14.9. The minimum atomic E-state index is -0.0997. The number of benzene rings is 1. The maximum Gasteiger partial charge on any atom is 0.253 e. The number of rotatable bonds is 2. The molecule has 1 fully saturated rings. The third-order valence-electron chi connectivity index (χ3n) is 4.45. The van der Waals surface area contributed by atoms with E-state index in [0.717, 1.165) is 29.9 Å². The third-order valence-corrected chi connectivity index (χ3v) is 4.45. The molecule has 0 spiro atoms. The molecule has 1 aliphatic rings. The number of anilines is 1. The van der Waals surface area contributed by atoms with E-state index in [1.807, 2.05) is 43.0 Å². The number of nitrogens with one attached hydrogen (secondary N) is 1. The molecule has 5 nitrogen and oxygen atoms in total. The van der Waals surface area contributed by atoms with Crippen LogP contribution in [0, 0.1) is 13.8 Å². The van der Waals surface area contributed by atoms with Crippen molar-refractivity contribution in [3.63, 3.8) is 0 Å². The lowest BCUT2D eigenvalue weighted by atomic mass is 10.1. The molecule has 0 radical (unpaired) electrons. The first kappa shape index (κ1) is 15.3. The molecule has 1 aliphatic heterocycles. The van der Waals surface area contributed by atoms with Crippen molar-refractivity contribution in [3.8, 4) is 0 Å². The SMILES string of the molecule is Cc1ccc(C(=O)N2CCN(c3ccc(=O)[nH]c3)CC2)cc1C. The number of aromatic amines is 1. The first-order chi connectivity index (χ1) is 11.0. The van der Waals surface area contributed by atoms with Gasteiger partial charge < -0.3 is 14.8 Å². The van der Waals surface area contributed by atoms with Crippen molar-refractivity contribution in [1.29, 1.82) is 0 Å². The fraction of sp³-hybridized carbons (Fsp3) is 0.333. The monoisotopic (exact) mass is 311 g/mol. The lowest BCUT2D eigenvalue weighted by Crippen LogP contribution is -2.48. The predicted molar refractivity (Wildman–Crippen MR) is 91.1 cm³/mol. The number of carbonyl (C=O) groups is 1. The van der Waals surface area contributed by atoms with Crippen molar-refractivity contribution in [2.24, 2.45) is 0 Å². The van der Waals surface area contributed by atoms with Crippen molar-refractivity contribution >= 4 is 11.6 Å². The Kier molecular flexibility index (Phi) is 4.19. The van der Waals surface area contributed by atoms with Crippen LogP contribution >= 0.6 is 0 Å². The lowest BCUT2D eigenvalue weighted by molar-refractivity contribution is 0.0746. The molecular weight excluding hydrogens is 290 g/mol. The average Bonchev–Trinajstić information content (AvgIpc) is 2.57. The summed E-state index contributed by atoms with van der Waals surface area (Å²) in [5.74, 6) is 0.0919. The summed E-state index contributed by atoms with van der Waals surface area (Å²) in [6.07, 6.45) is 1.73. The number of carbonyl (C=O) groups excluding carboxylic acids is 1. The Morgan fingerprint density at radius 1 is 1.00 bits per heavy atom. The first-order valence-electron chi connectivity index (χ1n) is 7.85. The van der Waals surface area contributed by atoms with Gasteiger partial charge in [-0.2, -0.15) is 0 Å². The number of aryl methyl sites for hydroxylation is 2. The molecule has 1 N–H and O–H groups in total. The van der Waals surface area contributed by atoms with Crippen LogP contribution in [0.25, 0.3) is 0 Å². The molecule has 0 aliphatic carbocycles. The standard InChI is InChI=1S/C18H21N3O2/c1-13-3-4-15(11-14(13)2)18(23)21-9-7-20(8-10-21)16-5-6-17(22)19-12-16/h3-6,11-12H,7-10H2,1-2H3,(H,19,22). The fourth-order valence-corrected chi connectivity index (χ4v) is 2.82. The van der Waals surface area contributed by atoms with E-state index in [0.29, 0.717) is 13.1 Å². The quantitative estimate of drug-likeness (QED) is 0.922. The highest BCUT2D eigenvalue weighted by Gasteiger charge is 2.22. The van der Waals surface area contributed by atoms with Crippen LogP contribution in [-0.2, 0) is 0 Å². The average molecular weight is 311 g/mol. The number of amides is 1. The van der Waals surface area contributed by atoms with Crippen molar-refractivity contribution in [1.82, 2.24) is 9.88 Å². The molecule has 1 aromatic carbocycles. The molecule has 3 rings (SSSR count). The van der Waals surface area contributed by atoms with Gasteiger partial charge in [-0.15, -0.1) is 0 Å². The molecule has 1 saturated heterocycles. The van der Waals surface area contributed by atoms with Gasteiger partial charge in [0.2, 0.25) is 5.56 Å². The van der Waals surface area contributed by atoms with Crippen molar-refractivity contribution in [3.05, 3.63) is 63.6 Å². The molecule has 2 heterocycles. The van der Waals surface area contributed by atoms with Crippen LogP contribution < -0.4 is 10.5 Å². The molecular formula is C18H21N3O2. The van der Waals surface area contributed by atoms with E-state index in [4.69, 9.17) is 0 Å². The summed E-state index contributed by atoms with van der Waals surface area (Å²) >= 11 is 0. The summed E-state index contributed by atoms with van der Waals surface area (Å²) < 4.78 is 0. The van der Waals surface area contributed by atoms with Gasteiger partial charge in [0.25, 0.3) is 5.91 Å². The molecule has 0 saturated carbocycles. The van der Waals surface area contributed by atoms with Gasteiger partial charge in [-0.05, 0) is 43.2 Å². The van der Waals surface area contributed by atoms with Gasteiger partial charge in [0.1, 0.15) is 0 Å². The van der Waals surface area contributed by atoms with Gasteiger partial charge in [-0.1, -0.05) is 6.07 Å². The summed E-state index contributed by atoms with van der Waals surface area (Å²) in [7, 11) is 0. The number of H-pyrrole nitrogens is 1. The molecule has 120 valence electrons. The second-order valence-corrected chi connectivity index (χ2v) is 5.99. The van der Waals surface area contributed by atoms with E-state index >= 15 is 0 Å². The molecule has 0 unspecified atom stereocenters. The van der Waals surface area contributed by atoms with Crippen LogP contribution in [0.5, 0.6) is 0 Å². The second-order valence-electron chi connectivity index (χ2n) is 5.99. The zero-order chi connectivity index (χ0) is 16.4. The third kappa shape index (κ3) is 3.28. The number of pyridine rings is 1. The smallest absolute Gasteiger partial charge is 0.253 e. The van der Waals surface area contributed by atoms with Crippen LogP contribution in [0.4, 0.5) is 5.69 Å². The lowest BCUT2D eigenvalue weighted by Gasteiger charge is -2.36. The first-order valence-corrected chi connectivity index (χ1v) is 7.85. The summed E-state index contributed by atoms with van der Waals surface area (Å²) in [5, 5.41) is 0. The Balaban J connectivity index is 1.66. The molecule has 23 heavy (non-hydrogen) atoms. The van der Waals surface area contributed by atoms with Gasteiger partial charge in [0.15, 0.2) is 0 Å². The molecule has 0 bridgehead atoms. The predicted octanol–water partition coefficient (Wildman–Crippen LogP) is 1.95. The van der Waals surface area contributed by atoms with Crippen LogP contribution in [0.15, 0.2) is 41.3 Å². The van der Waals surface area contributed by atoms with Crippen molar-refractivity contribution in [2.45, 2.75) is 13.8 Å². The Morgan fingerprint density at radius 3 is 2.35 bits per heavy atom. The van der Waals surface area contributed by atoms with Gasteiger partial charge in [-0.3, -0.25) is 9.59 Å². The van der Waals surface area contributed by atoms with E-state index in [-0.39, 0.29) is 11.5 Å². The van der Waals surface area contributed by atoms with E-state index in [1.54, 1.807) is 6.20 Å². The van der Waals surface area contributed by atoms with Gasteiger partial charge in [-0.25, -0.2) is 0 Å². The van der Waals surface area contributed by atoms with E-state index in [2.05, 4.69) is 9.88 Å². The van der Waals surface area contributed by atoms with Crippen molar-refractivity contribution in [2.75, 3.05) is 31.1 Å². The zero-order valence-corrected chi connectivity index (χ0v) is 13.5. The molecule has 1 amide bonds. The highest BCUT2D eigenvalue weighted by atomic mass is 16.2. The van der Waals surface area contributed by atoms with E-state index in [9.17, 15) is 9.59 Å². The summed E-state index contributed by atoms with van der Waals surface area (Å²) in [6.45, 7) is 6.98. The molecule has 2 aromatic rings. The van der Waals surface area contributed by atoms with Gasteiger partial charge in [0.05, 0.1) is 5.69 Å². The number of hydrogen-bond donors (Lipinski definition) is 1. The fourth-order valence-electron chi connectivity index (χ4n) is 2.82. The Morgan fingerprint density at radius 2 is 1.74 bits per heavy atom. The maximum atomic E-state index is 12.6. The minimum Gasteiger partial charge on any atom is -0.367 e. The van der Waals surface area contributed by atoms with E-state index in [1.165, 1.54) is 11.6 Å². The molecule has 5 heteroatoms. The Labute approximate surface area is 135 Å². The second kappa shape index (κ2) is 6.28. The number of aromatic nitrogens is 1. The number of nitrogens with zero attached hydrogens (tertiary/aromatic N) is 2. The zero-order valence-electron chi connectivity index (χ0n) is 13.5. The minimum absolute atomic E-state index is 0.0919. The highest BCUT2D eigenvalue weighted by molar-refractivity contribution is 5.94. The van der Waals surface area contributed by atoms with Gasteiger partial charge >= 0.3 is 0 Å².